The summed E-state index contributed by atoms with van der Waals surface area (Å²) in [5.41, 5.74) is 5.43. The molecule has 0 radical (unpaired) electrons. The number of rotatable bonds is 9. The van der Waals surface area contributed by atoms with E-state index in [0.717, 1.165) is 6.42 Å². The van der Waals surface area contributed by atoms with E-state index >= 15 is 0 Å². The van der Waals surface area contributed by atoms with E-state index in [1.54, 1.807) is 12.0 Å². The van der Waals surface area contributed by atoms with Crippen LogP contribution >= 0.6 is 0 Å². The zero-order valence-corrected chi connectivity index (χ0v) is 10.6. The summed E-state index contributed by atoms with van der Waals surface area (Å²) >= 11 is 0. The second-order valence-corrected chi connectivity index (χ2v) is 3.87. The lowest BCUT2D eigenvalue weighted by molar-refractivity contribution is -0.138. The summed E-state index contributed by atoms with van der Waals surface area (Å²) in [6.45, 7) is 6.35. The second kappa shape index (κ2) is 9.57. The fourth-order valence-corrected chi connectivity index (χ4v) is 1.32. The minimum atomic E-state index is 0.0135. The lowest BCUT2D eigenvalue weighted by Gasteiger charge is -2.26. The van der Waals surface area contributed by atoms with Gasteiger partial charge in [-0.3, -0.25) is 4.79 Å². The van der Waals surface area contributed by atoms with E-state index in [1.165, 1.54) is 0 Å². The first kappa shape index (κ1) is 15.3. The van der Waals surface area contributed by atoms with Crippen LogP contribution in [0.2, 0.25) is 0 Å². The normalized spacial score (nSPS) is 10.8. The third kappa shape index (κ3) is 6.76. The molecule has 0 saturated carbocycles. The Bertz CT molecular complexity index is 186. The first-order valence-electron chi connectivity index (χ1n) is 5.69. The molecule has 0 atom stereocenters. The standard InChI is InChI=1S/C11H24N2O3/c1-10(2)13(6-4-5-12)11(14)9-16-8-7-15-3/h10H,4-9,12H2,1-3H3. The highest BCUT2D eigenvalue weighted by atomic mass is 16.5. The SMILES string of the molecule is COCCOCC(=O)N(CCCN)C(C)C. The summed E-state index contributed by atoms with van der Waals surface area (Å²) in [4.78, 5) is 13.6. The molecule has 5 heteroatoms. The van der Waals surface area contributed by atoms with E-state index in [4.69, 9.17) is 15.2 Å². The molecule has 1 amide bonds. The van der Waals surface area contributed by atoms with Crippen molar-refractivity contribution in [3.63, 3.8) is 0 Å². The van der Waals surface area contributed by atoms with Crippen molar-refractivity contribution in [2.45, 2.75) is 26.3 Å². The van der Waals surface area contributed by atoms with Crippen molar-refractivity contribution in [1.82, 2.24) is 4.90 Å². The molecule has 0 aromatic carbocycles. The highest BCUT2D eigenvalue weighted by molar-refractivity contribution is 5.77. The largest absolute Gasteiger partial charge is 0.382 e. The van der Waals surface area contributed by atoms with Crippen molar-refractivity contribution in [1.29, 1.82) is 0 Å². The molecule has 0 spiro atoms. The van der Waals surface area contributed by atoms with Crippen LogP contribution < -0.4 is 5.73 Å². The molecule has 0 heterocycles. The molecule has 0 bridgehead atoms. The van der Waals surface area contributed by atoms with Crippen LogP contribution in [0.15, 0.2) is 0 Å². The van der Waals surface area contributed by atoms with Crippen LogP contribution in [0.25, 0.3) is 0 Å². The molecule has 0 fully saturated rings. The van der Waals surface area contributed by atoms with Gasteiger partial charge < -0.3 is 20.1 Å². The number of nitrogens with zero attached hydrogens (tertiary/aromatic N) is 1. The molecule has 5 nitrogen and oxygen atoms in total. The lowest BCUT2D eigenvalue weighted by Crippen LogP contribution is -2.40. The van der Waals surface area contributed by atoms with Crippen LogP contribution in [0.1, 0.15) is 20.3 Å². The Morgan fingerprint density at radius 2 is 2.06 bits per heavy atom. The van der Waals surface area contributed by atoms with Crippen LogP contribution in [0, 0.1) is 0 Å². The Morgan fingerprint density at radius 3 is 2.56 bits per heavy atom. The van der Waals surface area contributed by atoms with Gasteiger partial charge in [0.05, 0.1) is 13.2 Å². The van der Waals surface area contributed by atoms with E-state index in [0.29, 0.717) is 26.3 Å². The molecule has 0 unspecified atom stereocenters. The Kier molecular flexibility index (Phi) is 9.18. The molecule has 0 aliphatic rings. The number of nitrogens with two attached hydrogens (primary N) is 1. The smallest absolute Gasteiger partial charge is 0.248 e. The van der Waals surface area contributed by atoms with E-state index in [-0.39, 0.29) is 18.6 Å². The van der Waals surface area contributed by atoms with Gasteiger partial charge >= 0.3 is 0 Å². The van der Waals surface area contributed by atoms with Gasteiger partial charge in [0.1, 0.15) is 6.61 Å². The molecule has 0 aromatic rings. The van der Waals surface area contributed by atoms with Crippen LogP contribution in [-0.4, -0.2) is 56.9 Å². The lowest BCUT2D eigenvalue weighted by atomic mass is 10.3. The zero-order valence-electron chi connectivity index (χ0n) is 10.6. The van der Waals surface area contributed by atoms with Gasteiger partial charge in [0.25, 0.3) is 0 Å². The van der Waals surface area contributed by atoms with Gasteiger partial charge in [-0.05, 0) is 26.8 Å². The summed E-state index contributed by atoms with van der Waals surface area (Å²) in [7, 11) is 1.60. The van der Waals surface area contributed by atoms with Crippen molar-refractivity contribution in [2.75, 3.05) is 40.0 Å². The fraction of sp³-hybridized carbons (Fsp3) is 0.909. The van der Waals surface area contributed by atoms with Crippen molar-refractivity contribution >= 4 is 5.91 Å². The molecule has 0 saturated heterocycles. The number of carbonyl (C=O) groups excluding carboxylic acids is 1. The van der Waals surface area contributed by atoms with E-state index < -0.39 is 0 Å². The first-order chi connectivity index (χ1) is 7.63. The van der Waals surface area contributed by atoms with Gasteiger partial charge in [-0.1, -0.05) is 0 Å². The number of carbonyl (C=O) groups is 1. The molecular weight excluding hydrogens is 208 g/mol. The molecule has 2 N–H and O–H groups in total. The van der Waals surface area contributed by atoms with Gasteiger partial charge in [-0.25, -0.2) is 0 Å². The van der Waals surface area contributed by atoms with Crippen molar-refractivity contribution < 1.29 is 14.3 Å². The van der Waals surface area contributed by atoms with Gasteiger partial charge in [0.15, 0.2) is 0 Å². The van der Waals surface area contributed by atoms with Gasteiger partial charge in [-0.2, -0.15) is 0 Å². The van der Waals surface area contributed by atoms with Gasteiger partial charge in [0, 0.05) is 19.7 Å². The number of hydrogen-bond acceptors (Lipinski definition) is 4. The average Bonchev–Trinajstić information content (AvgIpc) is 2.24. The van der Waals surface area contributed by atoms with E-state index in [9.17, 15) is 4.79 Å². The highest BCUT2D eigenvalue weighted by Gasteiger charge is 2.15. The molecule has 0 rings (SSSR count). The summed E-state index contributed by atoms with van der Waals surface area (Å²) < 4.78 is 10.0. The van der Waals surface area contributed by atoms with Crippen LogP contribution in [0.3, 0.4) is 0 Å². The quantitative estimate of drug-likeness (QED) is 0.578. The first-order valence-corrected chi connectivity index (χ1v) is 5.69. The minimum absolute atomic E-state index is 0.0135. The third-order valence-corrected chi connectivity index (χ3v) is 2.20. The van der Waals surface area contributed by atoms with Crippen molar-refractivity contribution in [2.24, 2.45) is 5.73 Å². The third-order valence-electron chi connectivity index (χ3n) is 2.20. The summed E-state index contributed by atoms with van der Waals surface area (Å²) in [5.74, 6) is 0.0135. The fourth-order valence-electron chi connectivity index (χ4n) is 1.32. The van der Waals surface area contributed by atoms with E-state index in [1.807, 2.05) is 13.8 Å². The molecule has 96 valence electrons. The maximum Gasteiger partial charge on any atom is 0.248 e. The summed E-state index contributed by atoms with van der Waals surface area (Å²) in [6.07, 6.45) is 0.821. The predicted molar refractivity (Wildman–Crippen MR) is 63.2 cm³/mol. The maximum atomic E-state index is 11.8. The number of ether oxygens (including phenoxy) is 2. The molecule has 16 heavy (non-hydrogen) atoms. The maximum absolute atomic E-state index is 11.8. The van der Waals surface area contributed by atoms with Crippen LogP contribution in [0.5, 0.6) is 0 Å². The van der Waals surface area contributed by atoms with Crippen molar-refractivity contribution in [3.05, 3.63) is 0 Å². The van der Waals surface area contributed by atoms with Crippen molar-refractivity contribution in [3.8, 4) is 0 Å². The number of hydrogen-bond donors (Lipinski definition) is 1. The summed E-state index contributed by atoms with van der Waals surface area (Å²) in [6, 6.07) is 0.185. The Balaban J connectivity index is 3.87. The second-order valence-electron chi connectivity index (χ2n) is 3.87. The monoisotopic (exact) mass is 232 g/mol. The highest BCUT2D eigenvalue weighted by Crippen LogP contribution is 2.00. The molecule has 0 aromatic heterocycles. The van der Waals surface area contributed by atoms with Gasteiger partial charge in [0.2, 0.25) is 5.91 Å². The van der Waals surface area contributed by atoms with E-state index in [2.05, 4.69) is 0 Å². The topological polar surface area (TPSA) is 64.8 Å². The molecule has 0 aliphatic heterocycles. The Labute approximate surface area is 97.9 Å². The number of methoxy groups -OCH3 is 1. The Morgan fingerprint density at radius 1 is 1.38 bits per heavy atom. The molecular formula is C11H24N2O3. The molecule has 0 aliphatic carbocycles. The summed E-state index contributed by atoms with van der Waals surface area (Å²) in [5, 5.41) is 0. The average molecular weight is 232 g/mol. The Hall–Kier alpha value is -0.650. The van der Waals surface area contributed by atoms with Crippen LogP contribution in [-0.2, 0) is 14.3 Å². The minimum Gasteiger partial charge on any atom is -0.382 e. The zero-order chi connectivity index (χ0) is 12.4. The number of amides is 1. The van der Waals surface area contributed by atoms with Gasteiger partial charge in [-0.15, -0.1) is 0 Å². The van der Waals surface area contributed by atoms with Crippen LogP contribution in [0.4, 0.5) is 0 Å². The predicted octanol–water partition coefficient (Wildman–Crippen LogP) is 0.235.